The molecule has 0 aliphatic carbocycles. The number of anilines is 1. The number of hydrogen-bond donors (Lipinski definition) is 3. The lowest BCUT2D eigenvalue weighted by atomic mass is 10.2. The van der Waals surface area contributed by atoms with E-state index in [0.29, 0.717) is 5.56 Å². The largest absolute Gasteiger partial charge is 0.345 e. The third kappa shape index (κ3) is 3.10. The molecule has 2 aromatic rings. The molecule has 0 unspecified atom stereocenters. The van der Waals surface area contributed by atoms with Gasteiger partial charge >= 0.3 is 0 Å². The van der Waals surface area contributed by atoms with Gasteiger partial charge in [-0.15, -0.1) is 0 Å². The van der Waals surface area contributed by atoms with Crippen LogP contribution in [-0.2, 0) is 17.1 Å². The van der Waals surface area contributed by atoms with Gasteiger partial charge in [0.2, 0.25) is 0 Å². The molecule has 0 aliphatic heterocycles. The maximum absolute atomic E-state index is 13.2. The van der Waals surface area contributed by atoms with E-state index in [1.165, 1.54) is 36.0 Å². The van der Waals surface area contributed by atoms with Crippen molar-refractivity contribution in [3.05, 3.63) is 47.5 Å². The molecule has 2 rings (SSSR count). The first kappa shape index (κ1) is 16.0. The summed E-state index contributed by atoms with van der Waals surface area (Å²) in [5.41, 5.74) is 2.71. The van der Waals surface area contributed by atoms with Crippen molar-refractivity contribution in [3.8, 4) is 0 Å². The summed E-state index contributed by atoms with van der Waals surface area (Å²) in [6.45, 7) is 1.65. The lowest BCUT2D eigenvalue weighted by Gasteiger charge is -2.09. The van der Waals surface area contributed by atoms with Gasteiger partial charge in [0.05, 0.1) is 5.69 Å². The van der Waals surface area contributed by atoms with E-state index in [-0.39, 0.29) is 16.3 Å². The summed E-state index contributed by atoms with van der Waals surface area (Å²) >= 11 is 0. The summed E-state index contributed by atoms with van der Waals surface area (Å²) in [5, 5.41) is 0. The first-order valence-corrected chi connectivity index (χ1v) is 7.69. The number of hydrogen-bond acceptors (Lipinski definition) is 4. The van der Waals surface area contributed by atoms with E-state index in [9.17, 15) is 17.6 Å². The highest BCUT2D eigenvalue weighted by Crippen LogP contribution is 2.22. The summed E-state index contributed by atoms with van der Waals surface area (Å²) in [5.74, 6) is 3.86. The van der Waals surface area contributed by atoms with Crippen LogP contribution in [-0.4, -0.2) is 18.9 Å². The van der Waals surface area contributed by atoms with Crippen LogP contribution in [0.2, 0.25) is 0 Å². The Morgan fingerprint density at radius 1 is 1.32 bits per heavy atom. The molecule has 1 amide bonds. The first-order valence-electron chi connectivity index (χ1n) is 6.21. The maximum atomic E-state index is 13.2. The number of nitrogen functional groups attached to an aromatic ring is 1. The minimum atomic E-state index is -3.95. The van der Waals surface area contributed by atoms with E-state index in [2.05, 4.69) is 4.72 Å². The van der Waals surface area contributed by atoms with Crippen LogP contribution in [0.4, 0.5) is 10.1 Å². The molecule has 1 heterocycles. The highest BCUT2D eigenvalue weighted by molar-refractivity contribution is 7.92. The van der Waals surface area contributed by atoms with Gasteiger partial charge in [-0.05, 0) is 30.7 Å². The van der Waals surface area contributed by atoms with E-state index < -0.39 is 21.7 Å². The number of carbonyl (C=O) groups is 1. The number of halogens is 1. The zero-order valence-electron chi connectivity index (χ0n) is 11.9. The molecule has 0 bridgehead atoms. The smallest absolute Gasteiger partial charge is 0.281 e. The van der Waals surface area contributed by atoms with Crippen molar-refractivity contribution in [3.63, 3.8) is 0 Å². The minimum Gasteiger partial charge on any atom is -0.345 e. The zero-order chi connectivity index (χ0) is 16.5. The molecule has 9 heteroatoms. The van der Waals surface area contributed by atoms with Gasteiger partial charge in [-0.2, -0.15) is 0 Å². The molecule has 1 aromatic heterocycles. The van der Waals surface area contributed by atoms with Gasteiger partial charge in [-0.1, -0.05) is 6.07 Å². The summed E-state index contributed by atoms with van der Waals surface area (Å²) in [7, 11) is -2.44. The number of sulfonamides is 1. The van der Waals surface area contributed by atoms with Gasteiger partial charge in [0.15, 0.2) is 0 Å². The molecule has 0 atom stereocenters. The fraction of sp³-hybridized carbons (Fsp3) is 0.154. The van der Waals surface area contributed by atoms with Gasteiger partial charge in [0.1, 0.15) is 16.4 Å². The number of nitrogens with two attached hydrogens (primary N) is 1. The van der Waals surface area contributed by atoms with Gasteiger partial charge in [0.25, 0.3) is 15.9 Å². The Bertz CT molecular complexity index is 830. The molecule has 1 aromatic carbocycles. The number of nitrogens with zero attached hydrogens (tertiary/aromatic N) is 1. The lowest BCUT2D eigenvalue weighted by molar-refractivity contribution is 0.0945. The van der Waals surface area contributed by atoms with Crippen molar-refractivity contribution in [1.29, 1.82) is 0 Å². The molecule has 0 radical (unpaired) electrons. The Morgan fingerprint density at radius 3 is 2.64 bits per heavy atom. The Labute approximate surface area is 127 Å². The average molecular weight is 326 g/mol. The number of carbonyl (C=O) groups excluding carboxylic acids is 1. The van der Waals surface area contributed by atoms with Crippen LogP contribution < -0.4 is 16.0 Å². The Kier molecular flexibility index (Phi) is 4.20. The third-order valence-corrected chi connectivity index (χ3v) is 4.43. The molecular weight excluding hydrogens is 311 g/mol. The van der Waals surface area contributed by atoms with E-state index in [1.807, 2.05) is 5.43 Å². The van der Waals surface area contributed by atoms with Gasteiger partial charge < -0.3 is 4.57 Å². The fourth-order valence-electron chi connectivity index (χ4n) is 1.89. The summed E-state index contributed by atoms with van der Waals surface area (Å²) in [4.78, 5) is 11.4. The molecule has 22 heavy (non-hydrogen) atoms. The summed E-state index contributed by atoms with van der Waals surface area (Å²) < 4.78 is 41.5. The number of nitrogens with one attached hydrogen (secondary N) is 2. The molecule has 7 nitrogen and oxygen atoms in total. The topological polar surface area (TPSA) is 106 Å². The van der Waals surface area contributed by atoms with Crippen molar-refractivity contribution >= 4 is 21.6 Å². The normalized spacial score (nSPS) is 11.3. The fourth-order valence-corrected chi connectivity index (χ4v) is 3.08. The Morgan fingerprint density at radius 2 is 2.00 bits per heavy atom. The number of rotatable bonds is 4. The van der Waals surface area contributed by atoms with E-state index in [4.69, 9.17) is 5.84 Å². The van der Waals surface area contributed by atoms with Crippen LogP contribution in [0.1, 0.15) is 16.1 Å². The second-order valence-electron chi connectivity index (χ2n) is 4.71. The van der Waals surface area contributed by atoms with Crippen molar-refractivity contribution in [2.24, 2.45) is 12.9 Å². The third-order valence-electron chi connectivity index (χ3n) is 3.10. The molecular formula is C13H15FN4O3S. The lowest BCUT2D eigenvalue weighted by Crippen LogP contribution is -2.31. The standard InChI is InChI=1S/C13H15FN4O3S/c1-8-3-4-9(14)5-11(8)17-22(20,21)10-6-12(13(19)16-15)18(2)7-10/h3-7,17H,15H2,1-2H3,(H,16,19). The minimum absolute atomic E-state index is 0.0823. The van der Waals surface area contributed by atoms with Gasteiger partial charge in [-0.25, -0.2) is 18.7 Å². The van der Waals surface area contributed by atoms with Crippen molar-refractivity contribution in [2.75, 3.05) is 4.72 Å². The van der Waals surface area contributed by atoms with Crippen LogP contribution in [0.3, 0.4) is 0 Å². The molecule has 0 fully saturated rings. The molecule has 0 saturated carbocycles. The second kappa shape index (κ2) is 5.78. The zero-order valence-corrected chi connectivity index (χ0v) is 12.7. The van der Waals surface area contributed by atoms with E-state index in [0.717, 1.165) is 6.07 Å². The first-order chi connectivity index (χ1) is 10.2. The van der Waals surface area contributed by atoms with Crippen LogP contribution >= 0.6 is 0 Å². The molecule has 0 aliphatic rings. The monoisotopic (exact) mass is 326 g/mol. The Hall–Kier alpha value is -2.39. The molecule has 4 N–H and O–H groups in total. The van der Waals surface area contributed by atoms with Crippen molar-refractivity contribution < 1.29 is 17.6 Å². The second-order valence-corrected chi connectivity index (χ2v) is 6.39. The van der Waals surface area contributed by atoms with Crippen LogP contribution in [0.5, 0.6) is 0 Å². The maximum Gasteiger partial charge on any atom is 0.281 e. The van der Waals surface area contributed by atoms with Crippen molar-refractivity contribution in [2.45, 2.75) is 11.8 Å². The van der Waals surface area contributed by atoms with E-state index in [1.54, 1.807) is 6.92 Å². The predicted octanol–water partition coefficient (Wildman–Crippen LogP) is 0.877. The molecule has 0 spiro atoms. The highest BCUT2D eigenvalue weighted by Gasteiger charge is 2.21. The SMILES string of the molecule is Cc1ccc(F)cc1NS(=O)(=O)c1cc(C(=O)NN)n(C)c1. The number of benzene rings is 1. The Balaban J connectivity index is 2.39. The van der Waals surface area contributed by atoms with Crippen LogP contribution in [0.25, 0.3) is 0 Å². The molecule has 118 valence electrons. The van der Waals surface area contributed by atoms with E-state index >= 15 is 0 Å². The van der Waals surface area contributed by atoms with Gasteiger partial charge in [0, 0.05) is 13.2 Å². The number of aromatic nitrogens is 1. The summed E-state index contributed by atoms with van der Waals surface area (Å²) in [6, 6.07) is 4.97. The van der Waals surface area contributed by atoms with Crippen LogP contribution in [0, 0.1) is 12.7 Å². The average Bonchev–Trinajstić information content (AvgIpc) is 2.85. The quantitative estimate of drug-likeness (QED) is 0.440. The predicted molar refractivity (Wildman–Crippen MR) is 79.0 cm³/mol. The van der Waals surface area contributed by atoms with Crippen LogP contribution in [0.15, 0.2) is 35.4 Å². The molecule has 0 saturated heterocycles. The van der Waals surface area contributed by atoms with Gasteiger partial charge in [-0.3, -0.25) is 14.9 Å². The number of hydrazine groups is 1. The van der Waals surface area contributed by atoms with Crippen molar-refractivity contribution in [1.82, 2.24) is 9.99 Å². The number of aryl methyl sites for hydroxylation is 2. The number of amides is 1. The highest BCUT2D eigenvalue weighted by atomic mass is 32.2. The summed E-state index contributed by atoms with van der Waals surface area (Å²) in [6.07, 6.45) is 1.27.